The average molecular weight is 210 g/mol. The van der Waals surface area contributed by atoms with E-state index in [2.05, 4.69) is 4.98 Å². The molecule has 0 bridgehead atoms. The molecule has 1 atom stereocenters. The Balaban J connectivity index is 3.00. The maximum atomic E-state index is 11.6. The van der Waals surface area contributed by atoms with Gasteiger partial charge in [0.1, 0.15) is 5.82 Å². The van der Waals surface area contributed by atoms with Crippen molar-refractivity contribution < 1.29 is 5.11 Å². The van der Waals surface area contributed by atoms with E-state index in [1.54, 1.807) is 13.8 Å². The molecule has 0 amide bonds. The number of aliphatic hydroxyl groups is 1. The van der Waals surface area contributed by atoms with Gasteiger partial charge in [-0.2, -0.15) is 0 Å². The fourth-order valence-electron chi connectivity index (χ4n) is 1.38. The minimum Gasteiger partial charge on any atom is -0.391 e. The van der Waals surface area contributed by atoms with Crippen LogP contribution in [0.15, 0.2) is 10.9 Å². The van der Waals surface area contributed by atoms with Crippen LogP contribution in [-0.2, 0) is 6.54 Å². The maximum absolute atomic E-state index is 11.6. The van der Waals surface area contributed by atoms with Crippen LogP contribution in [0.5, 0.6) is 0 Å². The van der Waals surface area contributed by atoms with Gasteiger partial charge in [-0.05, 0) is 19.8 Å². The first-order chi connectivity index (χ1) is 6.91. The summed E-state index contributed by atoms with van der Waals surface area (Å²) in [6, 6.07) is 1.49. The lowest BCUT2D eigenvalue weighted by Gasteiger charge is -2.17. The molecule has 0 fully saturated rings. The summed E-state index contributed by atoms with van der Waals surface area (Å²) >= 11 is 0. The van der Waals surface area contributed by atoms with Crippen LogP contribution in [0.3, 0.4) is 0 Å². The summed E-state index contributed by atoms with van der Waals surface area (Å²) in [6.07, 6.45) is -0.508. The molecule has 84 valence electrons. The Morgan fingerprint density at radius 3 is 2.53 bits per heavy atom. The summed E-state index contributed by atoms with van der Waals surface area (Å²) in [4.78, 5) is 15.8. The summed E-state index contributed by atoms with van der Waals surface area (Å²) in [5.41, 5.74) is 0.618. The second kappa shape index (κ2) is 4.57. The maximum Gasteiger partial charge on any atom is 0.253 e. The molecule has 0 aliphatic rings. The summed E-state index contributed by atoms with van der Waals surface area (Å²) < 4.78 is 1.51. The molecule has 0 spiro atoms. The Morgan fingerprint density at radius 1 is 1.47 bits per heavy atom. The van der Waals surface area contributed by atoms with Gasteiger partial charge < -0.3 is 5.11 Å². The van der Waals surface area contributed by atoms with Crippen LogP contribution in [0, 0.1) is 19.8 Å². The highest BCUT2D eigenvalue weighted by molar-refractivity contribution is 5.01. The number of hydrogen-bond donors (Lipinski definition) is 1. The third kappa shape index (κ3) is 2.89. The second-order valence-electron chi connectivity index (χ2n) is 4.20. The lowest BCUT2D eigenvalue weighted by molar-refractivity contribution is 0.104. The van der Waals surface area contributed by atoms with E-state index in [1.807, 2.05) is 13.8 Å². The Labute approximate surface area is 89.6 Å². The van der Waals surface area contributed by atoms with Crippen molar-refractivity contribution in [3.63, 3.8) is 0 Å². The number of rotatable bonds is 3. The smallest absolute Gasteiger partial charge is 0.253 e. The van der Waals surface area contributed by atoms with Crippen LogP contribution < -0.4 is 5.56 Å². The number of hydrogen-bond acceptors (Lipinski definition) is 3. The minimum atomic E-state index is -0.508. The zero-order valence-corrected chi connectivity index (χ0v) is 9.69. The Morgan fingerprint density at radius 2 is 2.07 bits per heavy atom. The third-order valence-electron chi connectivity index (χ3n) is 2.47. The van der Waals surface area contributed by atoms with E-state index in [4.69, 9.17) is 0 Å². The van der Waals surface area contributed by atoms with Gasteiger partial charge >= 0.3 is 0 Å². The zero-order chi connectivity index (χ0) is 11.6. The van der Waals surface area contributed by atoms with E-state index >= 15 is 0 Å². The predicted octanol–water partition coefficient (Wildman–Crippen LogP) is 0.877. The van der Waals surface area contributed by atoms with Gasteiger partial charge in [-0.25, -0.2) is 4.98 Å². The fourth-order valence-corrected chi connectivity index (χ4v) is 1.38. The molecule has 1 N–H and O–H groups in total. The van der Waals surface area contributed by atoms with Crippen LogP contribution in [0.4, 0.5) is 0 Å². The van der Waals surface area contributed by atoms with E-state index in [1.165, 1.54) is 10.6 Å². The van der Waals surface area contributed by atoms with Crippen molar-refractivity contribution in [2.45, 2.75) is 40.3 Å². The summed E-state index contributed by atoms with van der Waals surface area (Å²) in [7, 11) is 0. The molecule has 0 aliphatic heterocycles. The second-order valence-corrected chi connectivity index (χ2v) is 4.20. The minimum absolute atomic E-state index is 0.0975. The highest BCUT2D eigenvalue weighted by Crippen LogP contribution is 2.04. The van der Waals surface area contributed by atoms with Crippen molar-refractivity contribution in [3.05, 3.63) is 27.9 Å². The van der Waals surface area contributed by atoms with Gasteiger partial charge in [0.25, 0.3) is 5.56 Å². The largest absolute Gasteiger partial charge is 0.391 e. The third-order valence-corrected chi connectivity index (χ3v) is 2.47. The van der Waals surface area contributed by atoms with E-state index in [0.29, 0.717) is 18.1 Å². The van der Waals surface area contributed by atoms with Crippen LogP contribution in [0.1, 0.15) is 25.4 Å². The van der Waals surface area contributed by atoms with Gasteiger partial charge in [-0.3, -0.25) is 9.36 Å². The van der Waals surface area contributed by atoms with E-state index in [0.717, 1.165) is 0 Å². The quantitative estimate of drug-likeness (QED) is 0.805. The van der Waals surface area contributed by atoms with Crippen molar-refractivity contribution in [1.29, 1.82) is 0 Å². The average Bonchev–Trinajstić information content (AvgIpc) is 2.10. The van der Waals surface area contributed by atoms with Crippen molar-refractivity contribution in [2.24, 2.45) is 5.92 Å². The van der Waals surface area contributed by atoms with Crippen molar-refractivity contribution in [3.8, 4) is 0 Å². The Kier molecular flexibility index (Phi) is 3.63. The number of nitrogens with zero attached hydrogens (tertiary/aromatic N) is 2. The van der Waals surface area contributed by atoms with Crippen LogP contribution in [0.2, 0.25) is 0 Å². The van der Waals surface area contributed by atoms with Gasteiger partial charge in [0.15, 0.2) is 0 Å². The molecular weight excluding hydrogens is 192 g/mol. The predicted molar refractivity (Wildman–Crippen MR) is 58.8 cm³/mol. The van der Waals surface area contributed by atoms with Gasteiger partial charge in [-0.15, -0.1) is 0 Å². The van der Waals surface area contributed by atoms with Gasteiger partial charge in [-0.1, -0.05) is 13.8 Å². The lowest BCUT2D eigenvalue weighted by Crippen LogP contribution is -2.31. The first-order valence-corrected chi connectivity index (χ1v) is 5.15. The number of aliphatic hydroxyl groups excluding tert-OH is 1. The van der Waals surface area contributed by atoms with Crippen molar-refractivity contribution >= 4 is 0 Å². The molecule has 0 aliphatic carbocycles. The standard InChI is InChI=1S/C11H18N2O2/c1-7(2)10(14)6-13-9(4)12-8(3)5-11(13)15/h5,7,10,14H,6H2,1-4H3. The molecule has 1 unspecified atom stereocenters. The highest BCUT2D eigenvalue weighted by atomic mass is 16.3. The normalized spacial score (nSPS) is 13.2. The van der Waals surface area contributed by atoms with Crippen LogP contribution >= 0.6 is 0 Å². The van der Waals surface area contributed by atoms with Crippen LogP contribution in [0.25, 0.3) is 0 Å². The summed E-state index contributed by atoms with van der Waals surface area (Å²) in [5, 5.41) is 9.71. The molecule has 0 aromatic carbocycles. The van der Waals surface area contributed by atoms with Crippen molar-refractivity contribution in [2.75, 3.05) is 0 Å². The molecule has 1 aromatic heterocycles. The molecule has 0 saturated heterocycles. The summed E-state index contributed by atoms with van der Waals surface area (Å²) in [5.74, 6) is 0.789. The Hall–Kier alpha value is -1.16. The molecule has 0 saturated carbocycles. The monoisotopic (exact) mass is 210 g/mol. The van der Waals surface area contributed by atoms with Gasteiger partial charge in [0.05, 0.1) is 12.6 Å². The molecule has 15 heavy (non-hydrogen) atoms. The van der Waals surface area contributed by atoms with E-state index in [9.17, 15) is 9.90 Å². The first kappa shape index (κ1) is 11.9. The molecule has 1 heterocycles. The summed E-state index contributed by atoms with van der Waals surface area (Å²) in [6.45, 7) is 7.73. The topological polar surface area (TPSA) is 55.1 Å². The first-order valence-electron chi connectivity index (χ1n) is 5.15. The fraction of sp³-hybridized carbons (Fsp3) is 0.636. The number of aromatic nitrogens is 2. The SMILES string of the molecule is Cc1cc(=O)n(CC(O)C(C)C)c(C)n1. The molecule has 1 rings (SSSR count). The Bertz CT molecular complexity index is 396. The number of aryl methyl sites for hydroxylation is 2. The lowest BCUT2D eigenvalue weighted by atomic mass is 10.1. The molecule has 4 heteroatoms. The molecular formula is C11H18N2O2. The molecule has 1 aromatic rings. The van der Waals surface area contributed by atoms with Gasteiger partial charge in [0, 0.05) is 11.8 Å². The van der Waals surface area contributed by atoms with E-state index < -0.39 is 6.10 Å². The van der Waals surface area contributed by atoms with Gasteiger partial charge in [0.2, 0.25) is 0 Å². The van der Waals surface area contributed by atoms with Crippen LogP contribution in [-0.4, -0.2) is 20.8 Å². The van der Waals surface area contributed by atoms with E-state index in [-0.39, 0.29) is 11.5 Å². The highest BCUT2D eigenvalue weighted by Gasteiger charge is 2.12. The zero-order valence-electron chi connectivity index (χ0n) is 9.69. The molecule has 4 nitrogen and oxygen atoms in total. The van der Waals surface area contributed by atoms with Crippen molar-refractivity contribution in [1.82, 2.24) is 9.55 Å². The molecule has 0 radical (unpaired) electrons.